The van der Waals surface area contributed by atoms with Crippen molar-refractivity contribution < 1.29 is 9.90 Å². The van der Waals surface area contributed by atoms with E-state index in [0.717, 1.165) is 44.2 Å². The number of benzene rings is 1. The topological polar surface area (TPSA) is 40.5 Å². The van der Waals surface area contributed by atoms with Gasteiger partial charge in [0.2, 0.25) is 0 Å². The minimum absolute atomic E-state index is 0.0131. The van der Waals surface area contributed by atoms with Crippen LogP contribution in [0.1, 0.15) is 48.5 Å². The smallest absolute Gasteiger partial charge is 0.254 e. The van der Waals surface area contributed by atoms with E-state index in [0.29, 0.717) is 0 Å². The SMILES string of the molecule is CCc1ccc(C(=O)N2CCCCCC2CO)cc1. The number of aliphatic hydroxyl groups is 1. The van der Waals surface area contributed by atoms with E-state index < -0.39 is 0 Å². The number of carbonyl (C=O) groups excluding carboxylic acids is 1. The molecule has 1 aromatic rings. The van der Waals surface area contributed by atoms with E-state index in [1.165, 1.54) is 5.56 Å². The third kappa shape index (κ3) is 3.35. The standard InChI is InChI=1S/C16H23NO2/c1-2-13-7-9-14(10-8-13)16(19)17-11-5-3-4-6-15(17)12-18/h7-10,15,18H,2-6,11-12H2,1H3. The van der Waals surface area contributed by atoms with Gasteiger partial charge >= 0.3 is 0 Å². The Morgan fingerprint density at radius 2 is 2.00 bits per heavy atom. The van der Waals surface area contributed by atoms with Gasteiger partial charge in [0.05, 0.1) is 12.6 Å². The highest BCUT2D eigenvalue weighted by atomic mass is 16.3. The minimum Gasteiger partial charge on any atom is -0.394 e. The van der Waals surface area contributed by atoms with Crippen molar-refractivity contribution in [2.75, 3.05) is 13.2 Å². The lowest BCUT2D eigenvalue weighted by Gasteiger charge is -2.28. The second kappa shape index (κ2) is 6.71. The fourth-order valence-electron chi connectivity index (χ4n) is 2.68. The molecule has 104 valence electrons. The summed E-state index contributed by atoms with van der Waals surface area (Å²) in [6, 6.07) is 7.82. The second-order valence-electron chi connectivity index (χ2n) is 5.23. The molecule has 0 aliphatic carbocycles. The number of aryl methyl sites for hydroxylation is 1. The number of hydrogen-bond donors (Lipinski definition) is 1. The Balaban J connectivity index is 2.15. The van der Waals surface area contributed by atoms with E-state index >= 15 is 0 Å². The molecule has 1 aromatic carbocycles. The molecule has 1 heterocycles. The lowest BCUT2D eigenvalue weighted by molar-refractivity contribution is 0.0600. The van der Waals surface area contributed by atoms with Crippen molar-refractivity contribution in [3.63, 3.8) is 0 Å². The van der Waals surface area contributed by atoms with Crippen LogP contribution in [0, 0.1) is 0 Å². The largest absolute Gasteiger partial charge is 0.394 e. The number of nitrogens with zero attached hydrogens (tertiary/aromatic N) is 1. The molecule has 1 atom stereocenters. The zero-order valence-electron chi connectivity index (χ0n) is 11.6. The van der Waals surface area contributed by atoms with E-state index in [4.69, 9.17) is 0 Å². The van der Waals surface area contributed by atoms with Crippen LogP contribution in [0.5, 0.6) is 0 Å². The van der Waals surface area contributed by atoms with E-state index in [1.54, 1.807) is 0 Å². The first-order valence-electron chi connectivity index (χ1n) is 7.27. The van der Waals surface area contributed by atoms with Crippen molar-refractivity contribution in [1.29, 1.82) is 0 Å². The van der Waals surface area contributed by atoms with Gasteiger partial charge in [-0.1, -0.05) is 31.9 Å². The summed E-state index contributed by atoms with van der Waals surface area (Å²) in [5.74, 6) is 0.0589. The van der Waals surface area contributed by atoms with Gasteiger partial charge in [0.15, 0.2) is 0 Å². The average molecular weight is 261 g/mol. The van der Waals surface area contributed by atoms with Crippen LogP contribution in [0.2, 0.25) is 0 Å². The van der Waals surface area contributed by atoms with Gasteiger partial charge in [0, 0.05) is 12.1 Å². The number of rotatable bonds is 3. The Bertz CT molecular complexity index is 413. The molecule has 1 unspecified atom stereocenters. The summed E-state index contributed by atoms with van der Waals surface area (Å²) in [5.41, 5.74) is 1.98. The molecule has 1 fully saturated rings. The Labute approximate surface area is 115 Å². The average Bonchev–Trinajstić information content (AvgIpc) is 2.71. The molecule has 1 N–H and O–H groups in total. The van der Waals surface area contributed by atoms with Gasteiger partial charge in [-0.3, -0.25) is 4.79 Å². The molecule has 2 rings (SSSR count). The molecule has 1 saturated heterocycles. The monoisotopic (exact) mass is 261 g/mol. The molecular weight excluding hydrogens is 238 g/mol. The number of hydrogen-bond acceptors (Lipinski definition) is 2. The van der Waals surface area contributed by atoms with Gasteiger partial charge in [-0.25, -0.2) is 0 Å². The molecule has 0 spiro atoms. The van der Waals surface area contributed by atoms with Crippen molar-refractivity contribution in [2.24, 2.45) is 0 Å². The summed E-state index contributed by atoms with van der Waals surface area (Å²) in [7, 11) is 0. The number of amides is 1. The van der Waals surface area contributed by atoms with E-state index in [-0.39, 0.29) is 18.6 Å². The van der Waals surface area contributed by atoms with Gasteiger partial charge in [-0.05, 0) is 37.0 Å². The van der Waals surface area contributed by atoms with Crippen LogP contribution in [0.4, 0.5) is 0 Å². The molecule has 0 saturated carbocycles. The second-order valence-corrected chi connectivity index (χ2v) is 5.23. The van der Waals surface area contributed by atoms with Gasteiger partial charge in [-0.2, -0.15) is 0 Å². The van der Waals surface area contributed by atoms with Gasteiger partial charge in [0.1, 0.15) is 0 Å². The summed E-state index contributed by atoms with van der Waals surface area (Å²) < 4.78 is 0. The molecule has 3 heteroatoms. The maximum Gasteiger partial charge on any atom is 0.254 e. The summed E-state index contributed by atoms with van der Waals surface area (Å²) in [6.45, 7) is 2.94. The van der Waals surface area contributed by atoms with Crippen molar-refractivity contribution >= 4 is 5.91 Å². The summed E-state index contributed by atoms with van der Waals surface area (Å²) >= 11 is 0. The quantitative estimate of drug-likeness (QED) is 0.908. The van der Waals surface area contributed by atoms with Crippen LogP contribution in [0.15, 0.2) is 24.3 Å². The molecule has 19 heavy (non-hydrogen) atoms. The Hall–Kier alpha value is -1.35. The predicted octanol–water partition coefficient (Wildman–Crippen LogP) is 2.63. The molecular formula is C16H23NO2. The normalized spacial score (nSPS) is 20.1. The van der Waals surface area contributed by atoms with Gasteiger partial charge in [-0.15, -0.1) is 0 Å². The van der Waals surface area contributed by atoms with E-state index in [9.17, 15) is 9.90 Å². The Morgan fingerprint density at radius 1 is 1.26 bits per heavy atom. The summed E-state index contributed by atoms with van der Waals surface area (Å²) in [5, 5.41) is 9.47. The number of carbonyl (C=O) groups is 1. The maximum absolute atomic E-state index is 12.5. The van der Waals surface area contributed by atoms with Gasteiger partial charge < -0.3 is 10.0 Å². The molecule has 0 bridgehead atoms. The first kappa shape index (κ1) is 14.1. The van der Waals surface area contributed by atoms with Crippen molar-refractivity contribution in [2.45, 2.75) is 45.1 Å². The fraction of sp³-hybridized carbons (Fsp3) is 0.562. The van der Waals surface area contributed by atoms with E-state index in [2.05, 4.69) is 6.92 Å². The third-order valence-electron chi connectivity index (χ3n) is 3.96. The van der Waals surface area contributed by atoms with Crippen LogP contribution in [-0.4, -0.2) is 35.1 Å². The van der Waals surface area contributed by atoms with E-state index in [1.807, 2.05) is 29.2 Å². The predicted molar refractivity (Wildman–Crippen MR) is 76.2 cm³/mol. The van der Waals surface area contributed by atoms with Crippen LogP contribution in [0.25, 0.3) is 0 Å². The fourth-order valence-corrected chi connectivity index (χ4v) is 2.68. The lowest BCUT2D eigenvalue weighted by Crippen LogP contribution is -2.42. The molecule has 0 aromatic heterocycles. The Morgan fingerprint density at radius 3 is 2.63 bits per heavy atom. The first-order chi connectivity index (χ1) is 9.26. The summed E-state index contributed by atoms with van der Waals surface area (Å²) in [6.07, 6.45) is 5.18. The number of aliphatic hydroxyl groups excluding tert-OH is 1. The third-order valence-corrected chi connectivity index (χ3v) is 3.96. The van der Waals surface area contributed by atoms with Crippen LogP contribution < -0.4 is 0 Å². The van der Waals surface area contributed by atoms with Crippen molar-refractivity contribution in [1.82, 2.24) is 4.90 Å². The first-order valence-corrected chi connectivity index (χ1v) is 7.27. The molecule has 1 amide bonds. The lowest BCUT2D eigenvalue weighted by atomic mass is 10.1. The highest BCUT2D eigenvalue weighted by molar-refractivity contribution is 5.94. The highest BCUT2D eigenvalue weighted by Gasteiger charge is 2.25. The van der Waals surface area contributed by atoms with Crippen LogP contribution in [0.3, 0.4) is 0 Å². The molecule has 1 aliphatic rings. The zero-order chi connectivity index (χ0) is 13.7. The van der Waals surface area contributed by atoms with Gasteiger partial charge in [0.25, 0.3) is 5.91 Å². The molecule has 0 radical (unpaired) electrons. The zero-order valence-corrected chi connectivity index (χ0v) is 11.6. The molecule has 3 nitrogen and oxygen atoms in total. The van der Waals surface area contributed by atoms with Crippen molar-refractivity contribution in [3.8, 4) is 0 Å². The Kier molecular flexibility index (Phi) is 4.97. The minimum atomic E-state index is -0.0131. The molecule has 1 aliphatic heterocycles. The number of likely N-dealkylation sites (tertiary alicyclic amines) is 1. The van der Waals surface area contributed by atoms with Crippen molar-refractivity contribution in [3.05, 3.63) is 35.4 Å². The van der Waals surface area contributed by atoms with Crippen LogP contribution >= 0.6 is 0 Å². The highest BCUT2D eigenvalue weighted by Crippen LogP contribution is 2.19. The van der Waals surface area contributed by atoms with Crippen LogP contribution in [-0.2, 0) is 6.42 Å². The summed E-state index contributed by atoms with van der Waals surface area (Å²) in [4.78, 5) is 14.4. The maximum atomic E-state index is 12.5.